The molecule has 1 saturated heterocycles. The molecular weight excluding hydrogens is 472 g/mol. The Morgan fingerprint density at radius 2 is 1.80 bits per heavy atom. The van der Waals surface area contributed by atoms with Gasteiger partial charge in [-0.15, -0.1) is 0 Å². The fourth-order valence-electron chi connectivity index (χ4n) is 3.33. The van der Waals surface area contributed by atoms with E-state index in [4.69, 9.17) is 0 Å². The van der Waals surface area contributed by atoms with Gasteiger partial charge in [0.2, 0.25) is 11.9 Å². The van der Waals surface area contributed by atoms with Crippen molar-refractivity contribution >= 4 is 23.6 Å². The van der Waals surface area contributed by atoms with Gasteiger partial charge in [0.15, 0.2) is 0 Å². The van der Waals surface area contributed by atoms with Gasteiger partial charge in [-0.05, 0) is 23.8 Å². The van der Waals surface area contributed by atoms with Gasteiger partial charge in [0.1, 0.15) is 6.61 Å². The highest BCUT2D eigenvalue weighted by atomic mass is 19.3. The Hall–Kier alpha value is -3.48. The zero-order valence-electron chi connectivity index (χ0n) is 18.8. The normalized spacial score (nSPS) is 14.2. The Morgan fingerprint density at radius 1 is 1.09 bits per heavy atom. The molecule has 1 aliphatic heterocycles. The van der Waals surface area contributed by atoms with E-state index in [1.54, 1.807) is 41.6 Å². The van der Waals surface area contributed by atoms with Gasteiger partial charge in [-0.25, -0.2) is 23.5 Å². The van der Waals surface area contributed by atoms with E-state index in [1.165, 1.54) is 6.07 Å². The lowest BCUT2D eigenvalue weighted by Crippen LogP contribution is -2.49. The summed E-state index contributed by atoms with van der Waals surface area (Å²) in [5, 5.41) is 5.15. The lowest BCUT2D eigenvalue weighted by atomic mass is 10.2. The van der Waals surface area contributed by atoms with Crippen LogP contribution in [0.3, 0.4) is 0 Å². The topological polar surface area (TPSA) is 99.7 Å². The number of hydrogen-bond donors (Lipinski definition) is 2. The molecular formula is C22H26F4N6O3. The fraction of sp³-hybridized carbons (Fsp3) is 0.455. The molecule has 35 heavy (non-hydrogen) atoms. The minimum Gasteiger partial charge on any atom is -0.370 e. The maximum Gasteiger partial charge on any atom is 0.330 e. The molecule has 1 aromatic carbocycles. The van der Waals surface area contributed by atoms with E-state index in [2.05, 4.69) is 25.3 Å². The molecule has 1 aliphatic rings. The van der Waals surface area contributed by atoms with Gasteiger partial charge in [0.25, 0.3) is 0 Å². The van der Waals surface area contributed by atoms with Crippen LogP contribution in [0.15, 0.2) is 42.7 Å². The van der Waals surface area contributed by atoms with Gasteiger partial charge < -0.3 is 25.2 Å². The summed E-state index contributed by atoms with van der Waals surface area (Å²) in [6, 6.07) is 7.33. The smallest absolute Gasteiger partial charge is 0.330 e. The van der Waals surface area contributed by atoms with Crippen molar-refractivity contribution in [1.82, 2.24) is 20.2 Å². The molecule has 0 saturated carbocycles. The summed E-state index contributed by atoms with van der Waals surface area (Å²) in [4.78, 5) is 36.7. The fourth-order valence-corrected chi connectivity index (χ4v) is 3.33. The summed E-state index contributed by atoms with van der Waals surface area (Å²) in [6.07, 6.45) is -0.349. The molecule has 3 amide bonds. The van der Waals surface area contributed by atoms with Gasteiger partial charge in [0, 0.05) is 57.2 Å². The van der Waals surface area contributed by atoms with Crippen molar-refractivity contribution in [3.8, 4) is 0 Å². The molecule has 1 fully saturated rings. The molecule has 0 spiro atoms. The van der Waals surface area contributed by atoms with Crippen molar-refractivity contribution < 1.29 is 31.9 Å². The predicted octanol–water partition coefficient (Wildman–Crippen LogP) is 2.75. The van der Waals surface area contributed by atoms with E-state index >= 15 is 0 Å². The number of urea groups is 1. The first-order valence-corrected chi connectivity index (χ1v) is 10.9. The van der Waals surface area contributed by atoms with Crippen LogP contribution in [0.1, 0.15) is 12.0 Å². The number of ether oxygens (including phenoxy) is 1. The first-order valence-electron chi connectivity index (χ1n) is 10.9. The van der Waals surface area contributed by atoms with Crippen LogP contribution in [0, 0.1) is 0 Å². The number of halogens is 4. The molecule has 2 N–H and O–H groups in total. The van der Waals surface area contributed by atoms with Gasteiger partial charge in [0.05, 0.1) is 6.61 Å². The number of carbonyl (C=O) groups is 2. The van der Waals surface area contributed by atoms with Crippen LogP contribution in [-0.2, 0) is 16.1 Å². The van der Waals surface area contributed by atoms with Gasteiger partial charge in [-0.1, -0.05) is 12.1 Å². The second-order valence-corrected chi connectivity index (χ2v) is 7.80. The Kier molecular flexibility index (Phi) is 9.18. The van der Waals surface area contributed by atoms with Crippen molar-refractivity contribution in [2.75, 3.05) is 49.5 Å². The van der Waals surface area contributed by atoms with E-state index < -0.39 is 25.0 Å². The molecule has 2 aromatic rings. The van der Waals surface area contributed by atoms with Gasteiger partial charge >= 0.3 is 18.4 Å². The maximum atomic E-state index is 12.9. The summed E-state index contributed by atoms with van der Waals surface area (Å²) >= 11 is 0. The van der Waals surface area contributed by atoms with E-state index in [0.717, 1.165) is 0 Å². The van der Waals surface area contributed by atoms with E-state index in [9.17, 15) is 27.2 Å². The van der Waals surface area contributed by atoms with Crippen molar-refractivity contribution in [1.29, 1.82) is 0 Å². The number of rotatable bonds is 10. The van der Waals surface area contributed by atoms with E-state index in [-0.39, 0.29) is 25.5 Å². The monoisotopic (exact) mass is 498 g/mol. The quantitative estimate of drug-likeness (QED) is 0.489. The summed E-state index contributed by atoms with van der Waals surface area (Å²) < 4.78 is 54.8. The van der Waals surface area contributed by atoms with Gasteiger partial charge in [-0.3, -0.25) is 4.79 Å². The third-order valence-corrected chi connectivity index (χ3v) is 5.16. The highest BCUT2D eigenvalue weighted by Gasteiger charge is 2.40. The van der Waals surface area contributed by atoms with E-state index in [0.29, 0.717) is 43.4 Å². The first kappa shape index (κ1) is 26.1. The molecule has 1 aromatic heterocycles. The van der Waals surface area contributed by atoms with Crippen molar-refractivity contribution in [2.24, 2.45) is 0 Å². The maximum absolute atomic E-state index is 12.9. The number of nitrogens with zero attached hydrogens (tertiary/aromatic N) is 4. The highest BCUT2D eigenvalue weighted by molar-refractivity contribution is 5.89. The number of alkyl halides is 4. The Labute approximate surface area is 199 Å². The Balaban J connectivity index is 1.35. The summed E-state index contributed by atoms with van der Waals surface area (Å²) in [5.74, 6) is -3.68. The van der Waals surface area contributed by atoms with Crippen LogP contribution in [0.2, 0.25) is 0 Å². The molecule has 2 heterocycles. The standard InChI is InChI=1S/C22H26F4N6O3/c23-19(24)22(25,26)15-35-14-16-3-1-4-17(13-16)30-21(34)29-8-5-18(33)31-9-11-32(12-10-31)20-27-6-2-7-28-20/h1-4,6-7,13,19H,5,8-12,14-15H2,(H2,29,30,34). The first-order chi connectivity index (χ1) is 16.7. The molecule has 190 valence electrons. The van der Waals surface area contributed by atoms with E-state index in [1.807, 2.05) is 4.90 Å². The van der Waals surface area contributed by atoms with Crippen molar-refractivity contribution in [3.63, 3.8) is 0 Å². The number of carbonyl (C=O) groups excluding carboxylic acids is 2. The largest absolute Gasteiger partial charge is 0.370 e. The lowest BCUT2D eigenvalue weighted by molar-refractivity contribution is -0.168. The Bertz CT molecular complexity index is 975. The minimum absolute atomic E-state index is 0.0846. The number of aromatic nitrogens is 2. The van der Waals surface area contributed by atoms with Crippen LogP contribution in [0.25, 0.3) is 0 Å². The number of anilines is 2. The van der Waals surface area contributed by atoms with Crippen LogP contribution >= 0.6 is 0 Å². The Morgan fingerprint density at radius 3 is 2.49 bits per heavy atom. The molecule has 0 aliphatic carbocycles. The van der Waals surface area contributed by atoms with Crippen LogP contribution in [0.5, 0.6) is 0 Å². The molecule has 0 bridgehead atoms. The second kappa shape index (κ2) is 12.3. The molecule has 0 atom stereocenters. The number of hydrogen-bond acceptors (Lipinski definition) is 6. The zero-order valence-corrected chi connectivity index (χ0v) is 18.8. The third-order valence-electron chi connectivity index (χ3n) is 5.16. The number of benzene rings is 1. The molecule has 0 radical (unpaired) electrons. The molecule has 3 rings (SSSR count). The predicted molar refractivity (Wildman–Crippen MR) is 120 cm³/mol. The molecule has 0 unspecified atom stereocenters. The average Bonchev–Trinajstić information content (AvgIpc) is 2.84. The SMILES string of the molecule is O=C(NCCC(=O)N1CCN(c2ncccn2)CC1)Nc1cccc(COCC(F)(F)C(F)F)c1. The van der Waals surface area contributed by atoms with Crippen molar-refractivity contribution in [3.05, 3.63) is 48.3 Å². The van der Waals surface area contributed by atoms with Crippen LogP contribution in [-0.4, -0.2) is 78.5 Å². The molecule has 9 nitrogen and oxygen atoms in total. The second-order valence-electron chi connectivity index (χ2n) is 7.80. The van der Waals surface area contributed by atoms with Crippen LogP contribution < -0.4 is 15.5 Å². The summed E-state index contributed by atoms with van der Waals surface area (Å²) in [7, 11) is 0. The van der Waals surface area contributed by atoms with Crippen molar-refractivity contribution in [2.45, 2.75) is 25.4 Å². The van der Waals surface area contributed by atoms with Gasteiger partial charge in [-0.2, -0.15) is 8.78 Å². The van der Waals surface area contributed by atoms with Crippen LogP contribution in [0.4, 0.5) is 34.0 Å². The zero-order chi connectivity index (χ0) is 25.3. The molecule has 13 heteroatoms. The minimum atomic E-state index is -4.23. The highest BCUT2D eigenvalue weighted by Crippen LogP contribution is 2.23. The number of amides is 3. The summed E-state index contributed by atoms with van der Waals surface area (Å²) in [5.41, 5.74) is 0.776. The lowest BCUT2D eigenvalue weighted by Gasteiger charge is -2.34. The average molecular weight is 498 g/mol. The number of nitrogens with one attached hydrogen (secondary N) is 2. The summed E-state index contributed by atoms with van der Waals surface area (Å²) in [6.45, 7) is 0.678. The third kappa shape index (κ3) is 8.05. The number of piperazine rings is 1.